The summed E-state index contributed by atoms with van der Waals surface area (Å²) in [5, 5.41) is 10.5. The molecular weight excluding hydrogens is 308 g/mol. The van der Waals surface area contributed by atoms with Crippen LogP contribution in [-0.2, 0) is 11.3 Å². The zero-order valence-corrected chi connectivity index (χ0v) is 13.3. The van der Waals surface area contributed by atoms with Crippen LogP contribution in [0.25, 0.3) is 0 Å². The van der Waals surface area contributed by atoms with Gasteiger partial charge in [-0.1, -0.05) is 17.3 Å². The Labute approximate surface area is 139 Å². The minimum atomic E-state index is -0.366. The minimum absolute atomic E-state index is 0.0804. The molecule has 2 aromatic rings. The minimum Gasteiger partial charge on any atom is -0.329 e. The van der Waals surface area contributed by atoms with Gasteiger partial charge in [-0.05, 0) is 25.0 Å². The quantitative estimate of drug-likeness (QED) is 0.852. The highest BCUT2D eigenvalue weighted by Gasteiger charge is 2.22. The summed E-state index contributed by atoms with van der Waals surface area (Å²) in [5.41, 5.74) is 6.97. The van der Waals surface area contributed by atoms with Crippen molar-refractivity contribution >= 4 is 23.2 Å². The molecule has 0 atom stereocenters. The molecule has 1 aromatic carbocycles. The molecule has 2 heterocycles. The van der Waals surface area contributed by atoms with Crippen molar-refractivity contribution in [3.05, 3.63) is 36.2 Å². The molecule has 1 fully saturated rings. The molecule has 0 bridgehead atoms. The molecule has 0 aliphatic carbocycles. The highest BCUT2D eigenvalue weighted by Crippen LogP contribution is 2.29. The van der Waals surface area contributed by atoms with Crippen LogP contribution in [0.3, 0.4) is 0 Å². The van der Waals surface area contributed by atoms with Gasteiger partial charge in [0, 0.05) is 19.5 Å². The van der Waals surface area contributed by atoms with Crippen LogP contribution < -0.4 is 16.0 Å². The van der Waals surface area contributed by atoms with E-state index in [1.807, 2.05) is 18.2 Å². The molecule has 24 heavy (non-hydrogen) atoms. The number of nitrogens with one attached hydrogen (secondary N) is 1. The van der Waals surface area contributed by atoms with Crippen molar-refractivity contribution in [2.75, 3.05) is 23.3 Å². The number of carbonyl (C=O) groups excluding carboxylic acids is 2. The van der Waals surface area contributed by atoms with E-state index < -0.39 is 0 Å². The van der Waals surface area contributed by atoms with Crippen LogP contribution in [0.1, 0.15) is 29.8 Å². The van der Waals surface area contributed by atoms with E-state index in [-0.39, 0.29) is 17.5 Å². The average molecular weight is 328 g/mol. The van der Waals surface area contributed by atoms with E-state index in [2.05, 4.69) is 15.6 Å². The first kappa shape index (κ1) is 16.1. The zero-order valence-electron chi connectivity index (χ0n) is 13.3. The predicted octanol–water partition coefficient (Wildman–Crippen LogP) is 1.01. The van der Waals surface area contributed by atoms with Crippen molar-refractivity contribution in [1.82, 2.24) is 15.0 Å². The summed E-state index contributed by atoms with van der Waals surface area (Å²) in [4.78, 5) is 26.3. The van der Waals surface area contributed by atoms with Crippen LogP contribution in [0.4, 0.5) is 11.4 Å². The first-order valence-corrected chi connectivity index (χ1v) is 8.00. The van der Waals surface area contributed by atoms with Gasteiger partial charge in [0.15, 0.2) is 5.69 Å². The average Bonchev–Trinajstić information content (AvgIpc) is 3.05. The van der Waals surface area contributed by atoms with Crippen molar-refractivity contribution in [3.8, 4) is 0 Å². The molecule has 8 nitrogen and oxygen atoms in total. The summed E-state index contributed by atoms with van der Waals surface area (Å²) in [6, 6.07) is 7.28. The monoisotopic (exact) mass is 328 g/mol. The number of hydrogen-bond donors (Lipinski definition) is 2. The van der Waals surface area contributed by atoms with Gasteiger partial charge in [0.2, 0.25) is 5.91 Å². The first-order valence-electron chi connectivity index (χ1n) is 8.00. The number of aromatic nitrogens is 3. The van der Waals surface area contributed by atoms with Gasteiger partial charge < -0.3 is 16.0 Å². The number of para-hydroxylation sites is 2. The van der Waals surface area contributed by atoms with Crippen LogP contribution in [0, 0.1) is 0 Å². The molecule has 3 rings (SSSR count). The third kappa shape index (κ3) is 3.43. The Bertz CT molecular complexity index is 742. The normalized spacial score (nSPS) is 14.7. The Kier molecular flexibility index (Phi) is 4.85. The second-order valence-electron chi connectivity index (χ2n) is 5.63. The van der Waals surface area contributed by atoms with E-state index in [0.717, 1.165) is 12.8 Å². The highest BCUT2D eigenvalue weighted by molar-refractivity contribution is 6.06. The molecular formula is C16H20N6O2. The van der Waals surface area contributed by atoms with Crippen molar-refractivity contribution in [2.45, 2.75) is 25.8 Å². The number of anilines is 2. The largest absolute Gasteiger partial charge is 0.329 e. The molecule has 1 saturated heterocycles. The highest BCUT2D eigenvalue weighted by atomic mass is 16.2. The van der Waals surface area contributed by atoms with Gasteiger partial charge in [0.1, 0.15) is 0 Å². The molecule has 1 aromatic heterocycles. The first-order chi connectivity index (χ1) is 11.7. The van der Waals surface area contributed by atoms with Gasteiger partial charge in [-0.2, -0.15) is 0 Å². The lowest BCUT2D eigenvalue weighted by atomic mass is 10.1. The number of carbonyl (C=O) groups is 2. The van der Waals surface area contributed by atoms with Gasteiger partial charge >= 0.3 is 0 Å². The van der Waals surface area contributed by atoms with Gasteiger partial charge in [0.25, 0.3) is 5.91 Å². The molecule has 0 spiro atoms. The molecule has 0 unspecified atom stereocenters. The third-order valence-corrected chi connectivity index (χ3v) is 3.90. The van der Waals surface area contributed by atoms with E-state index in [1.165, 1.54) is 4.68 Å². The third-order valence-electron chi connectivity index (χ3n) is 3.90. The lowest BCUT2D eigenvalue weighted by molar-refractivity contribution is -0.119. The molecule has 2 amide bonds. The number of nitrogens with two attached hydrogens (primary N) is 1. The van der Waals surface area contributed by atoms with E-state index in [1.54, 1.807) is 17.2 Å². The second kappa shape index (κ2) is 7.22. The Morgan fingerprint density at radius 2 is 2.12 bits per heavy atom. The summed E-state index contributed by atoms with van der Waals surface area (Å²) >= 11 is 0. The smallest absolute Gasteiger partial charge is 0.277 e. The van der Waals surface area contributed by atoms with Crippen molar-refractivity contribution in [3.63, 3.8) is 0 Å². The second-order valence-corrected chi connectivity index (χ2v) is 5.63. The molecule has 0 saturated carbocycles. The molecule has 1 aliphatic rings. The van der Waals surface area contributed by atoms with E-state index in [0.29, 0.717) is 37.4 Å². The summed E-state index contributed by atoms with van der Waals surface area (Å²) in [5.74, 6) is -0.285. The Morgan fingerprint density at radius 3 is 2.92 bits per heavy atom. The van der Waals surface area contributed by atoms with Crippen LogP contribution >= 0.6 is 0 Å². The lowest BCUT2D eigenvalue weighted by Gasteiger charge is -2.28. The van der Waals surface area contributed by atoms with Gasteiger partial charge in [0.05, 0.1) is 24.1 Å². The van der Waals surface area contributed by atoms with E-state index in [9.17, 15) is 9.59 Å². The van der Waals surface area contributed by atoms with E-state index >= 15 is 0 Å². The van der Waals surface area contributed by atoms with Gasteiger partial charge in [-0.15, -0.1) is 5.10 Å². The van der Waals surface area contributed by atoms with Crippen molar-refractivity contribution in [2.24, 2.45) is 5.73 Å². The summed E-state index contributed by atoms with van der Waals surface area (Å²) < 4.78 is 1.52. The Morgan fingerprint density at radius 1 is 1.29 bits per heavy atom. The van der Waals surface area contributed by atoms with Crippen LogP contribution in [0.5, 0.6) is 0 Å². The lowest BCUT2D eigenvalue weighted by Crippen LogP contribution is -2.35. The number of nitrogens with zero attached hydrogens (tertiary/aromatic N) is 4. The number of hydrogen-bond acceptors (Lipinski definition) is 5. The topological polar surface area (TPSA) is 106 Å². The molecule has 0 radical (unpaired) electrons. The molecule has 126 valence electrons. The SMILES string of the molecule is NCCn1cc(C(=O)Nc2ccccc2N2CCCCC2=O)nn1. The van der Waals surface area contributed by atoms with Crippen molar-refractivity contribution < 1.29 is 9.59 Å². The molecule has 8 heteroatoms. The summed E-state index contributed by atoms with van der Waals surface area (Å²) in [7, 11) is 0. The maximum atomic E-state index is 12.4. The number of rotatable bonds is 5. The van der Waals surface area contributed by atoms with Gasteiger partial charge in [-0.25, -0.2) is 0 Å². The fourth-order valence-corrected chi connectivity index (χ4v) is 2.71. The fourth-order valence-electron chi connectivity index (χ4n) is 2.71. The van der Waals surface area contributed by atoms with E-state index in [4.69, 9.17) is 5.73 Å². The molecule has 1 aliphatic heterocycles. The predicted molar refractivity (Wildman–Crippen MR) is 89.7 cm³/mol. The molecule has 3 N–H and O–H groups in total. The summed E-state index contributed by atoms with van der Waals surface area (Å²) in [6.07, 6.45) is 3.96. The van der Waals surface area contributed by atoms with Gasteiger partial charge in [-0.3, -0.25) is 14.3 Å². The number of benzene rings is 1. The van der Waals surface area contributed by atoms with Crippen molar-refractivity contribution in [1.29, 1.82) is 0 Å². The summed E-state index contributed by atoms with van der Waals surface area (Å²) in [6.45, 7) is 1.59. The zero-order chi connectivity index (χ0) is 16.9. The fraction of sp³-hybridized carbons (Fsp3) is 0.375. The number of piperidine rings is 1. The number of amides is 2. The maximum Gasteiger partial charge on any atom is 0.277 e. The Hall–Kier alpha value is -2.74. The maximum absolute atomic E-state index is 12.4. The van der Waals surface area contributed by atoms with Crippen LogP contribution in [0.2, 0.25) is 0 Å². The Balaban J connectivity index is 1.79. The van der Waals surface area contributed by atoms with Crippen LogP contribution in [0.15, 0.2) is 30.5 Å². The standard InChI is InChI=1S/C16H20N6O2/c17-8-10-21-11-13(19-20-21)16(24)18-12-5-1-2-6-14(12)22-9-4-3-7-15(22)23/h1-2,5-6,11H,3-4,7-10,17H2,(H,18,24). The van der Waals surface area contributed by atoms with Crippen LogP contribution in [-0.4, -0.2) is 39.9 Å².